The minimum absolute atomic E-state index is 0.267. The van der Waals surface area contributed by atoms with Crippen molar-refractivity contribution in [1.82, 2.24) is 0 Å². The maximum Gasteiger partial charge on any atom is 0.122 e. The Hall–Kier alpha value is -0.980. The fourth-order valence-electron chi connectivity index (χ4n) is 2.87. The smallest absolute Gasteiger partial charge is 0.122 e. The molecule has 0 aromatic heterocycles. The van der Waals surface area contributed by atoms with Gasteiger partial charge in [-0.15, -0.1) is 0 Å². The second-order valence-corrected chi connectivity index (χ2v) is 5.22. The predicted molar refractivity (Wildman–Crippen MR) is 63.6 cm³/mol. The number of hydrogen-bond acceptors (Lipinski definition) is 1. The fourth-order valence-corrected chi connectivity index (χ4v) is 2.87. The van der Waals surface area contributed by atoms with Crippen molar-refractivity contribution in [2.75, 3.05) is 7.11 Å². The Morgan fingerprint density at radius 2 is 1.87 bits per heavy atom. The third kappa shape index (κ3) is 1.29. The van der Waals surface area contributed by atoms with Crippen LogP contribution in [0.2, 0.25) is 0 Å². The standard InChI is InChI=1S/C14H20O/c1-9-10(2)14(3,4)11-7-6-8-12(15-5)13(9)11/h6-10H,1-5H3/t9-,10-/m0/s1. The molecule has 0 saturated carbocycles. The Labute approximate surface area is 92.5 Å². The van der Waals surface area contributed by atoms with E-state index in [1.54, 1.807) is 7.11 Å². The van der Waals surface area contributed by atoms with E-state index >= 15 is 0 Å². The van der Waals surface area contributed by atoms with Crippen molar-refractivity contribution >= 4 is 0 Å². The molecule has 0 spiro atoms. The Morgan fingerprint density at radius 1 is 1.20 bits per heavy atom. The molecule has 0 heterocycles. The molecule has 0 fully saturated rings. The van der Waals surface area contributed by atoms with Gasteiger partial charge >= 0.3 is 0 Å². The first-order chi connectivity index (χ1) is 7.00. The van der Waals surface area contributed by atoms with Crippen molar-refractivity contribution in [2.45, 2.75) is 39.0 Å². The summed E-state index contributed by atoms with van der Waals surface area (Å²) in [4.78, 5) is 0. The molecule has 1 aliphatic rings. The number of ether oxygens (including phenoxy) is 1. The monoisotopic (exact) mass is 204 g/mol. The highest BCUT2D eigenvalue weighted by Crippen LogP contribution is 2.52. The van der Waals surface area contributed by atoms with Gasteiger partial charge in [-0.05, 0) is 28.9 Å². The first kappa shape index (κ1) is 10.5. The van der Waals surface area contributed by atoms with Crippen LogP contribution in [0.15, 0.2) is 18.2 Å². The molecule has 2 rings (SSSR count). The SMILES string of the molecule is COc1cccc2c1[C@@H](C)[C@H](C)C2(C)C. The summed E-state index contributed by atoms with van der Waals surface area (Å²) in [5.41, 5.74) is 3.14. The molecule has 1 aromatic rings. The summed E-state index contributed by atoms with van der Waals surface area (Å²) < 4.78 is 5.47. The lowest BCUT2D eigenvalue weighted by atomic mass is 9.78. The Balaban J connectivity index is 2.65. The third-order valence-electron chi connectivity index (χ3n) is 4.32. The van der Waals surface area contributed by atoms with E-state index in [0.29, 0.717) is 11.8 Å². The number of hydrogen-bond donors (Lipinski definition) is 0. The molecule has 1 aromatic carbocycles. The maximum absolute atomic E-state index is 5.47. The molecular weight excluding hydrogens is 184 g/mol. The van der Waals surface area contributed by atoms with Crippen molar-refractivity contribution < 1.29 is 4.74 Å². The highest BCUT2D eigenvalue weighted by molar-refractivity contribution is 5.50. The van der Waals surface area contributed by atoms with Gasteiger partial charge in [0.15, 0.2) is 0 Å². The third-order valence-corrected chi connectivity index (χ3v) is 4.32. The zero-order valence-corrected chi connectivity index (χ0v) is 10.3. The minimum Gasteiger partial charge on any atom is -0.496 e. The van der Waals surface area contributed by atoms with Gasteiger partial charge in [0.25, 0.3) is 0 Å². The van der Waals surface area contributed by atoms with E-state index in [1.165, 1.54) is 11.1 Å². The van der Waals surface area contributed by atoms with Gasteiger partial charge in [-0.2, -0.15) is 0 Å². The highest BCUT2D eigenvalue weighted by Gasteiger charge is 2.42. The first-order valence-electron chi connectivity index (χ1n) is 5.67. The molecule has 0 aliphatic heterocycles. The van der Waals surface area contributed by atoms with Crippen LogP contribution in [0.3, 0.4) is 0 Å². The van der Waals surface area contributed by atoms with Crippen LogP contribution in [0.1, 0.15) is 44.7 Å². The van der Waals surface area contributed by atoms with Crippen molar-refractivity contribution in [3.8, 4) is 5.75 Å². The van der Waals surface area contributed by atoms with Crippen LogP contribution >= 0.6 is 0 Å². The molecule has 2 atom stereocenters. The Morgan fingerprint density at radius 3 is 2.47 bits per heavy atom. The second-order valence-electron chi connectivity index (χ2n) is 5.22. The average Bonchev–Trinajstić information content (AvgIpc) is 2.41. The van der Waals surface area contributed by atoms with Gasteiger partial charge < -0.3 is 4.74 Å². The summed E-state index contributed by atoms with van der Waals surface area (Å²) in [7, 11) is 1.76. The van der Waals surface area contributed by atoms with Crippen LogP contribution < -0.4 is 4.74 Å². The van der Waals surface area contributed by atoms with E-state index < -0.39 is 0 Å². The topological polar surface area (TPSA) is 9.23 Å². The van der Waals surface area contributed by atoms with Crippen molar-refractivity contribution in [3.63, 3.8) is 0 Å². The Kier molecular flexibility index (Phi) is 2.29. The number of fused-ring (bicyclic) bond motifs is 1. The first-order valence-corrected chi connectivity index (χ1v) is 5.67. The number of rotatable bonds is 1. The molecular formula is C14H20O. The van der Waals surface area contributed by atoms with E-state index in [-0.39, 0.29) is 5.41 Å². The summed E-state index contributed by atoms with van der Waals surface area (Å²) >= 11 is 0. The second kappa shape index (κ2) is 3.26. The molecule has 82 valence electrons. The molecule has 1 nitrogen and oxygen atoms in total. The van der Waals surface area contributed by atoms with Gasteiger partial charge in [-0.1, -0.05) is 39.8 Å². The Bertz CT molecular complexity index is 379. The van der Waals surface area contributed by atoms with E-state index in [9.17, 15) is 0 Å². The van der Waals surface area contributed by atoms with E-state index in [0.717, 1.165) is 5.75 Å². The summed E-state index contributed by atoms with van der Waals surface area (Å²) in [6.07, 6.45) is 0. The van der Waals surface area contributed by atoms with E-state index in [4.69, 9.17) is 4.74 Å². The molecule has 0 bridgehead atoms. The molecule has 0 radical (unpaired) electrons. The van der Waals surface area contributed by atoms with Gasteiger partial charge in [-0.3, -0.25) is 0 Å². The van der Waals surface area contributed by atoms with Gasteiger partial charge in [0, 0.05) is 5.56 Å². The summed E-state index contributed by atoms with van der Waals surface area (Å²) in [5.74, 6) is 2.31. The summed E-state index contributed by atoms with van der Waals surface area (Å²) in [6.45, 7) is 9.31. The van der Waals surface area contributed by atoms with Gasteiger partial charge in [0.05, 0.1) is 7.11 Å². The molecule has 1 aliphatic carbocycles. The summed E-state index contributed by atoms with van der Waals surface area (Å²) in [6, 6.07) is 6.42. The van der Waals surface area contributed by atoms with Crippen LogP contribution in [0, 0.1) is 5.92 Å². The molecule has 0 saturated heterocycles. The lowest BCUT2D eigenvalue weighted by Crippen LogP contribution is -2.22. The lowest BCUT2D eigenvalue weighted by molar-refractivity contribution is 0.339. The van der Waals surface area contributed by atoms with Crippen LogP contribution in [0.25, 0.3) is 0 Å². The van der Waals surface area contributed by atoms with Gasteiger partial charge in [0.2, 0.25) is 0 Å². The van der Waals surface area contributed by atoms with Gasteiger partial charge in [-0.25, -0.2) is 0 Å². The largest absolute Gasteiger partial charge is 0.496 e. The average molecular weight is 204 g/mol. The quantitative estimate of drug-likeness (QED) is 0.677. The highest BCUT2D eigenvalue weighted by atomic mass is 16.5. The van der Waals surface area contributed by atoms with Crippen molar-refractivity contribution in [2.24, 2.45) is 5.92 Å². The maximum atomic E-state index is 5.47. The number of benzene rings is 1. The minimum atomic E-state index is 0.267. The van der Waals surface area contributed by atoms with E-state index in [1.807, 2.05) is 0 Å². The van der Waals surface area contributed by atoms with Crippen LogP contribution in [-0.2, 0) is 5.41 Å². The van der Waals surface area contributed by atoms with Crippen molar-refractivity contribution in [1.29, 1.82) is 0 Å². The molecule has 15 heavy (non-hydrogen) atoms. The number of methoxy groups -OCH3 is 1. The zero-order chi connectivity index (χ0) is 11.2. The molecule has 0 N–H and O–H groups in total. The van der Waals surface area contributed by atoms with E-state index in [2.05, 4.69) is 45.9 Å². The molecule has 0 unspecified atom stereocenters. The van der Waals surface area contributed by atoms with Crippen molar-refractivity contribution in [3.05, 3.63) is 29.3 Å². The fraction of sp³-hybridized carbons (Fsp3) is 0.571. The van der Waals surface area contributed by atoms with Gasteiger partial charge in [0.1, 0.15) is 5.75 Å². The van der Waals surface area contributed by atoms with Crippen LogP contribution in [0.5, 0.6) is 5.75 Å². The normalized spacial score (nSPS) is 27.5. The predicted octanol–water partition coefficient (Wildman–Crippen LogP) is 3.73. The zero-order valence-electron chi connectivity index (χ0n) is 10.3. The molecule has 1 heteroatoms. The lowest BCUT2D eigenvalue weighted by Gasteiger charge is -2.26. The van der Waals surface area contributed by atoms with Crippen LogP contribution in [0.4, 0.5) is 0 Å². The van der Waals surface area contributed by atoms with Crippen LogP contribution in [-0.4, -0.2) is 7.11 Å². The summed E-state index contributed by atoms with van der Waals surface area (Å²) in [5, 5.41) is 0. The molecule has 0 amide bonds.